The summed E-state index contributed by atoms with van der Waals surface area (Å²) in [4.78, 5) is 15.8. The van der Waals surface area contributed by atoms with Crippen molar-refractivity contribution in [2.45, 2.75) is 25.2 Å². The van der Waals surface area contributed by atoms with E-state index in [4.69, 9.17) is 0 Å². The van der Waals surface area contributed by atoms with Crippen molar-refractivity contribution in [3.63, 3.8) is 0 Å². The Morgan fingerprint density at radius 3 is 2.75 bits per heavy atom. The number of hydrogen-bond acceptors (Lipinski definition) is 3. The number of benzene rings is 1. The van der Waals surface area contributed by atoms with E-state index >= 15 is 0 Å². The summed E-state index contributed by atoms with van der Waals surface area (Å²) in [6, 6.07) is 5.93. The number of rotatable bonds is 4. The van der Waals surface area contributed by atoms with Crippen LogP contribution in [-0.2, 0) is 0 Å². The number of carbonyl (C=O) groups is 1. The smallest absolute Gasteiger partial charge is 0.347 e. The molecule has 3 nitrogen and oxygen atoms in total. The summed E-state index contributed by atoms with van der Waals surface area (Å²) in [5.41, 5.74) is 1.06. The van der Waals surface area contributed by atoms with Crippen molar-refractivity contribution in [3.8, 4) is 10.6 Å². The Bertz CT molecular complexity index is 665. The number of carboxylic acid groups (broad SMARTS) is 1. The molecule has 104 valence electrons. The van der Waals surface area contributed by atoms with Gasteiger partial charge < -0.3 is 5.11 Å². The number of aromatic carboxylic acids is 1. The molecule has 2 aromatic rings. The molecule has 0 unspecified atom stereocenters. The molecule has 0 spiro atoms. The molecule has 20 heavy (non-hydrogen) atoms. The van der Waals surface area contributed by atoms with Crippen molar-refractivity contribution < 1.29 is 18.7 Å². The van der Waals surface area contributed by atoms with Crippen LogP contribution in [0.25, 0.3) is 10.6 Å². The summed E-state index contributed by atoms with van der Waals surface area (Å²) in [6.07, 6.45) is -0.655. The van der Waals surface area contributed by atoms with Crippen LogP contribution in [0.2, 0.25) is 0 Å². The quantitative estimate of drug-likeness (QED) is 0.913. The molecule has 1 aliphatic rings. The van der Waals surface area contributed by atoms with Crippen LogP contribution in [0, 0.1) is 0 Å². The van der Waals surface area contributed by atoms with Gasteiger partial charge in [0.1, 0.15) is 9.88 Å². The van der Waals surface area contributed by atoms with Gasteiger partial charge in [0.2, 0.25) is 0 Å². The number of thiazole rings is 1. The van der Waals surface area contributed by atoms with Crippen molar-refractivity contribution >= 4 is 17.3 Å². The lowest BCUT2D eigenvalue weighted by Gasteiger charge is -2.01. The predicted molar refractivity (Wildman–Crippen MR) is 71.4 cm³/mol. The fourth-order valence-corrected chi connectivity index (χ4v) is 3.04. The maximum Gasteiger partial charge on any atom is 0.347 e. The van der Waals surface area contributed by atoms with Gasteiger partial charge in [0.05, 0.1) is 5.69 Å². The van der Waals surface area contributed by atoms with Gasteiger partial charge in [-0.3, -0.25) is 0 Å². The van der Waals surface area contributed by atoms with Gasteiger partial charge >= 0.3 is 5.97 Å². The summed E-state index contributed by atoms with van der Waals surface area (Å²) in [5, 5.41) is 9.69. The Balaban J connectivity index is 2.03. The highest BCUT2D eigenvalue weighted by Crippen LogP contribution is 2.44. The molecule has 1 aliphatic carbocycles. The second-order valence-corrected chi connectivity index (χ2v) is 5.74. The minimum absolute atomic E-state index is 0.0810. The number of aromatic nitrogens is 1. The zero-order valence-corrected chi connectivity index (χ0v) is 11.2. The molecule has 3 rings (SSSR count). The molecule has 1 saturated carbocycles. The SMILES string of the molecule is O=C(O)c1sc(-c2cccc(C(F)F)c2)nc1C1CC1. The third-order valence-corrected chi connectivity index (χ3v) is 4.31. The van der Waals surface area contributed by atoms with Crippen LogP contribution in [0.15, 0.2) is 24.3 Å². The lowest BCUT2D eigenvalue weighted by atomic mass is 10.1. The molecule has 0 amide bonds. The fraction of sp³-hybridized carbons (Fsp3) is 0.286. The second kappa shape index (κ2) is 4.94. The molecule has 1 N–H and O–H groups in total. The first-order valence-electron chi connectivity index (χ1n) is 6.18. The van der Waals surface area contributed by atoms with Crippen molar-refractivity contribution in [3.05, 3.63) is 40.4 Å². The summed E-state index contributed by atoms with van der Waals surface area (Å²) in [5.74, 6) is -0.787. The Kier molecular flexibility index (Phi) is 3.25. The highest BCUT2D eigenvalue weighted by atomic mass is 32.1. The maximum absolute atomic E-state index is 12.7. The third-order valence-electron chi connectivity index (χ3n) is 3.20. The number of hydrogen-bond donors (Lipinski definition) is 1. The molecule has 1 fully saturated rings. The van der Waals surface area contributed by atoms with Gasteiger partial charge in [-0.2, -0.15) is 0 Å². The molecule has 1 heterocycles. The van der Waals surface area contributed by atoms with Gasteiger partial charge in [-0.05, 0) is 18.9 Å². The van der Waals surface area contributed by atoms with Gasteiger partial charge in [-0.1, -0.05) is 18.2 Å². The minimum atomic E-state index is -2.54. The van der Waals surface area contributed by atoms with Crippen LogP contribution in [0.4, 0.5) is 8.78 Å². The molecule has 0 radical (unpaired) electrons. The predicted octanol–water partition coefficient (Wildman–Crippen LogP) is 4.32. The average molecular weight is 295 g/mol. The number of carboxylic acids is 1. The molecular formula is C14H11F2NO2S. The third kappa shape index (κ3) is 2.43. The first-order chi connectivity index (χ1) is 9.56. The zero-order valence-electron chi connectivity index (χ0n) is 10.3. The largest absolute Gasteiger partial charge is 0.477 e. The normalized spacial score (nSPS) is 14.8. The van der Waals surface area contributed by atoms with E-state index in [9.17, 15) is 18.7 Å². The number of alkyl halides is 2. The minimum Gasteiger partial charge on any atom is -0.477 e. The summed E-state index contributed by atoms with van der Waals surface area (Å²) < 4.78 is 25.4. The van der Waals surface area contributed by atoms with Crippen LogP contribution in [0.1, 0.15) is 46.1 Å². The van der Waals surface area contributed by atoms with E-state index in [0.29, 0.717) is 16.3 Å². The maximum atomic E-state index is 12.7. The van der Waals surface area contributed by atoms with Crippen molar-refractivity contribution in [1.29, 1.82) is 0 Å². The van der Waals surface area contributed by atoms with Crippen LogP contribution in [0.5, 0.6) is 0 Å². The van der Waals surface area contributed by atoms with Gasteiger partial charge in [-0.25, -0.2) is 18.6 Å². The Morgan fingerprint density at radius 2 is 2.15 bits per heavy atom. The van der Waals surface area contributed by atoms with Gasteiger partial charge in [0.15, 0.2) is 0 Å². The molecular weight excluding hydrogens is 284 g/mol. The topological polar surface area (TPSA) is 50.2 Å². The monoisotopic (exact) mass is 295 g/mol. The van der Waals surface area contributed by atoms with E-state index in [0.717, 1.165) is 24.2 Å². The van der Waals surface area contributed by atoms with Crippen molar-refractivity contribution in [2.24, 2.45) is 0 Å². The lowest BCUT2D eigenvalue weighted by molar-refractivity contribution is 0.0700. The fourth-order valence-electron chi connectivity index (χ4n) is 2.05. The van der Waals surface area contributed by atoms with Gasteiger partial charge in [-0.15, -0.1) is 11.3 Å². The lowest BCUT2D eigenvalue weighted by Crippen LogP contribution is -1.97. The first kappa shape index (κ1) is 13.2. The van der Waals surface area contributed by atoms with E-state index in [1.54, 1.807) is 6.07 Å². The van der Waals surface area contributed by atoms with E-state index in [1.807, 2.05) is 0 Å². The van der Waals surface area contributed by atoms with Gasteiger partial charge in [0, 0.05) is 17.0 Å². The standard InChI is InChI=1S/C14H11F2NO2S/c15-12(16)8-2-1-3-9(6-8)13-17-10(7-4-5-7)11(20-13)14(18)19/h1-3,6-7,12H,4-5H2,(H,18,19). The van der Waals surface area contributed by atoms with Gasteiger partial charge in [0.25, 0.3) is 6.43 Å². The zero-order chi connectivity index (χ0) is 14.3. The van der Waals surface area contributed by atoms with Crippen LogP contribution in [0.3, 0.4) is 0 Å². The number of halogens is 2. The molecule has 0 aliphatic heterocycles. The summed E-state index contributed by atoms with van der Waals surface area (Å²) in [6.45, 7) is 0. The van der Waals surface area contributed by atoms with Crippen molar-refractivity contribution in [2.75, 3.05) is 0 Å². The van der Waals surface area contributed by atoms with E-state index in [-0.39, 0.29) is 16.4 Å². The molecule has 0 atom stereocenters. The Labute approximate surface area is 117 Å². The summed E-state index contributed by atoms with van der Waals surface area (Å²) >= 11 is 1.05. The van der Waals surface area contributed by atoms with Crippen LogP contribution >= 0.6 is 11.3 Å². The molecule has 0 bridgehead atoms. The highest BCUT2D eigenvalue weighted by molar-refractivity contribution is 7.17. The van der Waals surface area contributed by atoms with Crippen LogP contribution < -0.4 is 0 Å². The highest BCUT2D eigenvalue weighted by Gasteiger charge is 2.32. The van der Waals surface area contributed by atoms with Crippen molar-refractivity contribution in [1.82, 2.24) is 4.98 Å². The second-order valence-electron chi connectivity index (χ2n) is 4.74. The molecule has 1 aromatic heterocycles. The summed E-state index contributed by atoms with van der Waals surface area (Å²) in [7, 11) is 0. The molecule has 1 aromatic carbocycles. The van der Waals surface area contributed by atoms with E-state index in [1.165, 1.54) is 18.2 Å². The molecule has 6 heteroatoms. The number of nitrogens with zero attached hydrogens (tertiary/aromatic N) is 1. The molecule has 0 saturated heterocycles. The Hall–Kier alpha value is -1.82. The van der Waals surface area contributed by atoms with E-state index in [2.05, 4.69) is 4.98 Å². The van der Waals surface area contributed by atoms with Crippen LogP contribution in [-0.4, -0.2) is 16.1 Å². The Morgan fingerprint density at radius 1 is 1.40 bits per heavy atom. The first-order valence-corrected chi connectivity index (χ1v) is 7.00. The van der Waals surface area contributed by atoms with E-state index < -0.39 is 12.4 Å². The average Bonchev–Trinajstić information content (AvgIpc) is 3.17.